The number of carbonyl (C=O) groups is 6. The molecule has 11 nitrogen and oxygen atoms in total. The molecular weight excluding hydrogens is 522 g/mol. The molecule has 7 atom stereocenters. The first-order chi connectivity index (χ1) is 18.7. The van der Waals surface area contributed by atoms with E-state index in [2.05, 4.69) is 6.92 Å². The van der Waals surface area contributed by atoms with E-state index in [-0.39, 0.29) is 23.5 Å². The van der Waals surface area contributed by atoms with Crippen LogP contribution in [-0.2, 0) is 33.5 Å². The lowest BCUT2D eigenvalue weighted by atomic mass is 9.46. The second-order valence-corrected chi connectivity index (χ2v) is 12.5. The number of carbonyl (C=O) groups excluding carboxylic acids is 4. The molecule has 3 fully saturated rings. The maximum Gasteiger partial charge on any atom is 0.326 e. The first-order valence-electron chi connectivity index (χ1n) is 14.1. The van der Waals surface area contributed by atoms with Crippen molar-refractivity contribution in [2.24, 2.45) is 28.6 Å². The number of aliphatic carboxylic acids is 2. The van der Waals surface area contributed by atoms with Gasteiger partial charge in [-0.1, -0.05) is 19.4 Å². The van der Waals surface area contributed by atoms with E-state index in [1.165, 1.54) is 5.57 Å². The number of carboxylic acid groups (broad SMARTS) is 2. The summed E-state index contributed by atoms with van der Waals surface area (Å²) in [6, 6.07) is -1.63. The number of carboxylic acids is 2. The van der Waals surface area contributed by atoms with E-state index in [4.69, 9.17) is 14.9 Å². The highest BCUT2D eigenvalue weighted by atomic mass is 16.5. The van der Waals surface area contributed by atoms with Crippen molar-refractivity contribution < 1.29 is 48.8 Å². The van der Waals surface area contributed by atoms with Crippen molar-refractivity contribution in [1.82, 2.24) is 5.32 Å². The molecule has 0 bridgehead atoms. The monoisotopic (exact) mass is 561 g/mol. The molecule has 0 saturated heterocycles. The first-order valence-corrected chi connectivity index (χ1v) is 14.1. The number of hydrogen-bond donors (Lipinski definition) is 4. The van der Waals surface area contributed by atoms with Gasteiger partial charge < -0.3 is 25.4 Å². The molecule has 3 saturated carbocycles. The molecule has 1 amide bonds. The maximum atomic E-state index is 13.3. The van der Waals surface area contributed by atoms with Gasteiger partial charge in [0, 0.05) is 18.3 Å². The summed E-state index contributed by atoms with van der Waals surface area (Å²) in [5, 5.41) is 31.5. The third kappa shape index (κ3) is 5.32. The van der Waals surface area contributed by atoms with E-state index in [1.807, 2.05) is 18.3 Å². The number of aliphatic hydroxyl groups is 1. The normalized spacial score (nSPS) is 35.3. The number of esters is 1. The van der Waals surface area contributed by atoms with Gasteiger partial charge in [-0.2, -0.15) is 0 Å². The smallest absolute Gasteiger partial charge is 0.326 e. The summed E-state index contributed by atoms with van der Waals surface area (Å²) in [4.78, 5) is 71.4. The van der Waals surface area contributed by atoms with Crippen LogP contribution >= 0.6 is 0 Å². The van der Waals surface area contributed by atoms with Gasteiger partial charge in [-0.15, -0.1) is 0 Å². The molecule has 4 rings (SSSR count). The van der Waals surface area contributed by atoms with E-state index in [1.54, 1.807) is 0 Å². The fraction of sp³-hybridized carbons (Fsp3) is 0.724. The van der Waals surface area contributed by atoms with E-state index in [0.29, 0.717) is 31.1 Å². The van der Waals surface area contributed by atoms with Crippen LogP contribution in [0.25, 0.3) is 0 Å². The molecule has 4 aliphatic carbocycles. The summed E-state index contributed by atoms with van der Waals surface area (Å²) in [7, 11) is 0. The van der Waals surface area contributed by atoms with Gasteiger partial charge in [0.2, 0.25) is 11.7 Å². The van der Waals surface area contributed by atoms with E-state index < -0.39 is 72.5 Å². The highest BCUT2D eigenvalue weighted by Crippen LogP contribution is 2.67. The Morgan fingerprint density at radius 1 is 1.00 bits per heavy atom. The molecule has 0 aliphatic heterocycles. The van der Waals surface area contributed by atoms with Crippen LogP contribution in [0.4, 0.5) is 0 Å². The zero-order chi connectivity index (χ0) is 29.5. The topological polar surface area (TPSA) is 184 Å². The average molecular weight is 562 g/mol. The van der Waals surface area contributed by atoms with E-state index >= 15 is 0 Å². The van der Waals surface area contributed by atoms with Gasteiger partial charge >= 0.3 is 17.9 Å². The molecule has 11 heteroatoms. The van der Waals surface area contributed by atoms with Gasteiger partial charge in [0.15, 0.2) is 12.4 Å². The molecule has 40 heavy (non-hydrogen) atoms. The highest BCUT2D eigenvalue weighted by Gasteiger charge is 2.66. The Hall–Kier alpha value is -3.08. The minimum atomic E-state index is -1.63. The summed E-state index contributed by atoms with van der Waals surface area (Å²) < 4.78 is 5.10. The number of rotatable bonds is 10. The summed E-state index contributed by atoms with van der Waals surface area (Å²) in [5.41, 5.74) is -1.07. The second kappa shape index (κ2) is 11.1. The number of ketones is 2. The third-order valence-corrected chi connectivity index (χ3v) is 10.5. The zero-order valence-electron chi connectivity index (χ0n) is 23.1. The Bertz CT molecular complexity index is 1150. The lowest BCUT2D eigenvalue weighted by molar-refractivity contribution is -0.170. The molecule has 220 valence electrons. The third-order valence-electron chi connectivity index (χ3n) is 10.5. The van der Waals surface area contributed by atoms with Gasteiger partial charge in [0.25, 0.3) is 0 Å². The van der Waals surface area contributed by atoms with Crippen molar-refractivity contribution >= 4 is 35.4 Å². The van der Waals surface area contributed by atoms with Crippen molar-refractivity contribution in [2.45, 2.75) is 96.1 Å². The largest absolute Gasteiger partial charge is 0.481 e. The van der Waals surface area contributed by atoms with Crippen LogP contribution in [0.2, 0.25) is 0 Å². The summed E-state index contributed by atoms with van der Waals surface area (Å²) in [5.74, 6) is -4.08. The van der Waals surface area contributed by atoms with Gasteiger partial charge in [-0.05, 0) is 74.2 Å². The van der Waals surface area contributed by atoms with Crippen LogP contribution in [-0.4, -0.2) is 69.0 Å². The zero-order valence-corrected chi connectivity index (χ0v) is 23.1. The summed E-state index contributed by atoms with van der Waals surface area (Å²) in [6.07, 6.45) is 5.85. The highest BCUT2D eigenvalue weighted by molar-refractivity contribution is 5.92. The van der Waals surface area contributed by atoms with Crippen molar-refractivity contribution in [1.29, 1.82) is 0 Å². The quantitative estimate of drug-likeness (QED) is 0.288. The molecule has 4 N–H and O–H groups in total. The number of amides is 1. The number of nitrogens with one attached hydrogen (secondary N) is 1. The second-order valence-electron chi connectivity index (χ2n) is 12.5. The van der Waals surface area contributed by atoms with Gasteiger partial charge in [-0.25, -0.2) is 4.79 Å². The number of Topliss-reactive ketones (excluding diaryl/α,β-unsaturated/α-hetero) is 1. The number of hydrogen-bond acceptors (Lipinski definition) is 8. The average Bonchev–Trinajstić information content (AvgIpc) is 3.17. The van der Waals surface area contributed by atoms with E-state index in [9.17, 15) is 33.9 Å². The molecule has 0 spiro atoms. The van der Waals surface area contributed by atoms with Crippen LogP contribution in [0.3, 0.4) is 0 Å². The summed E-state index contributed by atoms with van der Waals surface area (Å²) >= 11 is 0. The SMILES string of the molecule is C[C@]12CCC(=O)C=C1CC[C@@H]1[C@@H]2CC[C@@]2(C)[C@H]1CC[C@]2(O)C(=O)COC(=O)CCC(=O)NC(CC(=O)O)C(=O)O. The predicted molar refractivity (Wildman–Crippen MR) is 139 cm³/mol. The maximum absolute atomic E-state index is 13.3. The molecule has 0 heterocycles. The number of allylic oxidation sites excluding steroid dienone is 1. The Kier molecular flexibility index (Phi) is 8.27. The van der Waals surface area contributed by atoms with Gasteiger partial charge in [0.1, 0.15) is 11.6 Å². The minimum Gasteiger partial charge on any atom is -0.481 e. The van der Waals surface area contributed by atoms with Crippen LogP contribution in [0.15, 0.2) is 11.6 Å². The lowest BCUT2D eigenvalue weighted by Gasteiger charge is -2.58. The first kappa shape index (κ1) is 29.9. The Labute approximate surface area is 232 Å². The van der Waals surface area contributed by atoms with E-state index in [0.717, 1.165) is 25.7 Å². The van der Waals surface area contributed by atoms with Crippen molar-refractivity contribution in [2.75, 3.05) is 6.61 Å². The van der Waals surface area contributed by atoms with Crippen LogP contribution in [0.1, 0.15) is 84.5 Å². The van der Waals surface area contributed by atoms with Crippen LogP contribution in [0, 0.1) is 28.6 Å². The number of fused-ring (bicyclic) bond motifs is 5. The van der Waals surface area contributed by atoms with Crippen molar-refractivity contribution in [3.63, 3.8) is 0 Å². The molecule has 1 unspecified atom stereocenters. The molecule has 0 aromatic heterocycles. The lowest BCUT2D eigenvalue weighted by Crippen LogP contribution is -2.58. The van der Waals surface area contributed by atoms with Gasteiger partial charge in [0.05, 0.1) is 12.8 Å². The van der Waals surface area contributed by atoms with Crippen LogP contribution < -0.4 is 5.32 Å². The van der Waals surface area contributed by atoms with Crippen molar-refractivity contribution in [3.05, 3.63) is 11.6 Å². The fourth-order valence-corrected chi connectivity index (χ4v) is 8.23. The number of ether oxygens (including phenoxy) is 1. The molecule has 0 aromatic rings. The fourth-order valence-electron chi connectivity index (χ4n) is 8.23. The Morgan fingerprint density at radius 3 is 2.38 bits per heavy atom. The predicted octanol–water partition coefficient (Wildman–Crippen LogP) is 2.19. The standard InChI is InChI=1S/C29H39NO10/c1-27-10-7-17(31)13-16(27)3-4-18-19(27)8-11-28(2)20(18)9-12-29(28,39)22(32)15-40-25(36)6-5-23(33)30-21(26(37)38)14-24(34)35/h13,18-21,39H,3-12,14-15H2,1-2H3,(H,30,33)(H,34,35)(H,37,38)/t18-,19+,20+,21?,27+,28+,29+/m1/s1. The molecule has 4 aliphatic rings. The summed E-state index contributed by atoms with van der Waals surface area (Å²) in [6.45, 7) is 3.61. The minimum absolute atomic E-state index is 0.0250. The Morgan fingerprint density at radius 2 is 1.70 bits per heavy atom. The van der Waals surface area contributed by atoms with Crippen LogP contribution in [0.5, 0.6) is 0 Å². The molecule has 0 radical (unpaired) electrons. The molecule has 0 aromatic carbocycles. The Balaban J connectivity index is 1.33. The molecular formula is C29H39NO10. The van der Waals surface area contributed by atoms with Crippen molar-refractivity contribution in [3.8, 4) is 0 Å². The van der Waals surface area contributed by atoms with Gasteiger partial charge in [-0.3, -0.25) is 24.0 Å².